The van der Waals surface area contributed by atoms with E-state index >= 15 is 0 Å². The molecule has 0 radical (unpaired) electrons. The minimum atomic E-state index is -0.863. The monoisotopic (exact) mass is 247 g/mol. The number of likely N-dealkylation sites (N-methyl/N-ethyl adjacent to an activating group) is 1. The number of rotatable bonds is 6. The summed E-state index contributed by atoms with van der Waals surface area (Å²) in [6.45, 7) is 1.36. The van der Waals surface area contributed by atoms with Gasteiger partial charge in [-0.1, -0.05) is 0 Å². The summed E-state index contributed by atoms with van der Waals surface area (Å²) in [5, 5.41) is 17.6. The van der Waals surface area contributed by atoms with Crippen molar-refractivity contribution >= 4 is 11.7 Å². The Balaban J connectivity index is 2.80. The fraction of sp³-hybridized carbons (Fsp3) is 0.385. The van der Waals surface area contributed by atoms with E-state index in [1.54, 1.807) is 29.2 Å². The normalized spacial score (nSPS) is 10.1. The summed E-state index contributed by atoms with van der Waals surface area (Å²) in [6, 6.07) is 8.98. The lowest BCUT2D eigenvalue weighted by Gasteiger charge is -2.24. The fourth-order valence-corrected chi connectivity index (χ4v) is 1.53. The smallest absolute Gasteiger partial charge is 0.323 e. The minimum Gasteiger partial charge on any atom is -0.480 e. The first kappa shape index (κ1) is 14.0. The number of aliphatic carboxylic acids is 1. The highest BCUT2D eigenvalue weighted by Crippen LogP contribution is 2.14. The van der Waals surface area contributed by atoms with E-state index in [2.05, 4.69) is 0 Å². The topological polar surface area (TPSA) is 67.6 Å². The summed E-state index contributed by atoms with van der Waals surface area (Å²) in [7, 11) is 3.88. The standard InChI is InChI=1S/C13H17N3O2/c1-15(2)7-8-16(10-13(17)18)12-5-3-11(9-14)4-6-12/h3-6H,7-8,10H2,1-2H3,(H,17,18). The molecule has 18 heavy (non-hydrogen) atoms. The Morgan fingerprint density at radius 2 is 1.89 bits per heavy atom. The largest absolute Gasteiger partial charge is 0.480 e. The van der Waals surface area contributed by atoms with Gasteiger partial charge in [0.1, 0.15) is 6.54 Å². The lowest BCUT2D eigenvalue weighted by Crippen LogP contribution is -2.35. The predicted molar refractivity (Wildman–Crippen MR) is 69.6 cm³/mol. The first-order valence-electron chi connectivity index (χ1n) is 5.64. The molecule has 1 aromatic rings. The maximum Gasteiger partial charge on any atom is 0.323 e. The Bertz CT molecular complexity index is 435. The van der Waals surface area contributed by atoms with Crippen molar-refractivity contribution < 1.29 is 9.90 Å². The summed E-state index contributed by atoms with van der Waals surface area (Å²) in [5.74, 6) is -0.863. The van der Waals surface area contributed by atoms with Crippen molar-refractivity contribution in [2.75, 3.05) is 38.6 Å². The van der Waals surface area contributed by atoms with Gasteiger partial charge in [0.15, 0.2) is 0 Å². The van der Waals surface area contributed by atoms with Gasteiger partial charge < -0.3 is 14.9 Å². The molecule has 96 valence electrons. The van der Waals surface area contributed by atoms with Gasteiger partial charge in [-0.05, 0) is 38.4 Å². The van der Waals surface area contributed by atoms with E-state index < -0.39 is 5.97 Å². The number of nitriles is 1. The maximum absolute atomic E-state index is 10.8. The molecule has 5 nitrogen and oxygen atoms in total. The molecule has 5 heteroatoms. The highest BCUT2D eigenvalue weighted by Gasteiger charge is 2.10. The van der Waals surface area contributed by atoms with Gasteiger partial charge in [-0.15, -0.1) is 0 Å². The number of carbonyl (C=O) groups is 1. The maximum atomic E-state index is 10.8. The van der Waals surface area contributed by atoms with E-state index in [4.69, 9.17) is 10.4 Å². The molecule has 0 aliphatic carbocycles. The minimum absolute atomic E-state index is 0.0419. The van der Waals surface area contributed by atoms with E-state index in [0.717, 1.165) is 12.2 Å². The van der Waals surface area contributed by atoms with Crippen molar-refractivity contribution in [1.82, 2.24) is 4.90 Å². The molecule has 0 aliphatic heterocycles. The van der Waals surface area contributed by atoms with E-state index in [0.29, 0.717) is 12.1 Å². The summed E-state index contributed by atoms with van der Waals surface area (Å²) in [4.78, 5) is 14.6. The Labute approximate surface area is 107 Å². The van der Waals surface area contributed by atoms with Gasteiger partial charge >= 0.3 is 5.97 Å². The molecule has 0 heterocycles. The van der Waals surface area contributed by atoms with E-state index in [9.17, 15) is 4.79 Å². The molecule has 0 aliphatic rings. The Morgan fingerprint density at radius 3 is 2.33 bits per heavy atom. The zero-order chi connectivity index (χ0) is 13.5. The molecule has 0 bridgehead atoms. The molecule has 1 N–H and O–H groups in total. The highest BCUT2D eigenvalue weighted by molar-refractivity contribution is 5.73. The van der Waals surface area contributed by atoms with Crippen LogP contribution < -0.4 is 4.90 Å². The van der Waals surface area contributed by atoms with Crippen molar-refractivity contribution in [1.29, 1.82) is 5.26 Å². The van der Waals surface area contributed by atoms with Gasteiger partial charge in [0.05, 0.1) is 11.6 Å². The van der Waals surface area contributed by atoms with Crippen LogP contribution in [0.15, 0.2) is 24.3 Å². The summed E-state index contributed by atoms with van der Waals surface area (Å²) in [5.41, 5.74) is 1.39. The van der Waals surface area contributed by atoms with Crippen molar-refractivity contribution in [3.8, 4) is 6.07 Å². The fourth-order valence-electron chi connectivity index (χ4n) is 1.53. The number of nitrogens with zero attached hydrogens (tertiary/aromatic N) is 3. The van der Waals surface area contributed by atoms with Crippen LogP contribution >= 0.6 is 0 Å². The molecular formula is C13H17N3O2. The Morgan fingerprint density at radius 1 is 1.28 bits per heavy atom. The van der Waals surface area contributed by atoms with Gasteiger partial charge in [0.2, 0.25) is 0 Å². The number of benzene rings is 1. The van der Waals surface area contributed by atoms with E-state index in [1.165, 1.54) is 0 Å². The van der Waals surface area contributed by atoms with Gasteiger partial charge in [0.25, 0.3) is 0 Å². The third-order valence-electron chi connectivity index (χ3n) is 2.50. The third-order valence-corrected chi connectivity index (χ3v) is 2.50. The number of hydrogen-bond donors (Lipinski definition) is 1. The zero-order valence-electron chi connectivity index (χ0n) is 10.6. The van der Waals surface area contributed by atoms with Crippen molar-refractivity contribution in [2.45, 2.75) is 0 Å². The van der Waals surface area contributed by atoms with Crippen molar-refractivity contribution in [2.24, 2.45) is 0 Å². The highest BCUT2D eigenvalue weighted by atomic mass is 16.4. The van der Waals surface area contributed by atoms with E-state index in [-0.39, 0.29) is 6.54 Å². The molecule has 1 aromatic carbocycles. The van der Waals surface area contributed by atoms with Crippen LogP contribution in [0.5, 0.6) is 0 Å². The lowest BCUT2D eigenvalue weighted by molar-refractivity contribution is -0.135. The quantitative estimate of drug-likeness (QED) is 0.812. The van der Waals surface area contributed by atoms with Crippen LogP contribution in [0.4, 0.5) is 5.69 Å². The number of carboxylic acid groups (broad SMARTS) is 1. The second-order valence-electron chi connectivity index (χ2n) is 4.28. The summed E-state index contributed by atoms with van der Waals surface area (Å²) >= 11 is 0. The van der Waals surface area contributed by atoms with Gasteiger partial charge in [-0.25, -0.2) is 0 Å². The van der Waals surface area contributed by atoms with Crippen LogP contribution in [0.25, 0.3) is 0 Å². The average molecular weight is 247 g/mol. The van der Waals surface area contributed by atoms with Crippen LogP contribution in [-0.4, -0.2) is 49.7 Å². The number of anilines is 1. The first-order valence-corrected chi connectivity index (χ1v) is 5.64. The molecule has 0 saturated carbocycles. The SMILES string of the molecule is CN(C)CCN(CC(=O)O)c1ccc(C#N)cc1. The van der Waals surface area contributed by atoms with Crippen LogP contribution in [0, 0.1) is 11.3 Å². The predicted octanol–water partition coefficient (Wildman–Crippen LogP) is 1.01. The molecule has 0 amide bonds. The average Bonchev–Trinajstić information content (AvgIpc) is 2.34. The van der Waals surface area contributed by atoms with Gasteiger partial charge in [0, 0.05) is 18.8 Å². The molecule has 0 spiro atoms. The van der Waals surface area contributed by atoms with Crippen LogP contribution in [0.3, 0.4) is 0 Å². The lowest BCUT2D eigenvalue weighted by atomic mass is 10.2. The summed E-state index contributed by atoms with van der Waals surface area (Å²) in [6.07, 6.45) is 0. The van der Waals surface area contributed by atoms with Crippen LogP contribution in [0.1, 0.15) is 5.56 Å². The zero-order valence-corrected chi connectivity index (χ0v) is 10.6. The first-order chi connectivity index (χ1) is 8.52. The number of carboxylic acids is 1. The van der Waals surface area contributed by atoms with Gasteiger partial charge in [-0.3, -0.25) is 4.79 Å². The van der Waals surface area contributed by atoms with Crippen molar-refractivity contribution in [3.05, 3.63) is 29.8 Å². The molecule has 0 unspecified atom stereocenters. The number of hydrogen-bond acceptors (Lipinski definition) is 4. The Kier molecular flexibility index (Phi) is 5.15. The summed E-state index contributed by atoms with van der Waals surface area (Å²) < 4.78 is 0. The van der Waals surface area contributed by atoms with E-state index in [1.807, 2.05) is 25.1 Å². The van der Waals surface area contributed by atoms with Gasteiger partial charge in [-0.2, -0.15) is 5.26 Å². The molecule has 0 fully saturated rings. The van der Waals surface area contributed by atoms with Crippen LogP contribution in [-0.2, 0) is 4.79 Å². The van der Waals surface area contributed by atoms with Crippen LogP contribution in [0.2, 0.25) is 0 Å². The second-order valence-corrected chi connectivity index (χ2v) is 4.28. The molecule has 0 aromatic heterocycles. The molecule has 0 atom stereocenters. The Hall–Kier alpha value is -2.06. The molecule has 1 rings (SSSR count). The third kappa shape index (κ3) is 4.44. The molecule has 0 saturated heterocycles. The second kappa shape index (κ2) is 6.62. The molecular weight excluding hydrogens is 230 g/mol. The van der Waals surface area contributed by atoms with Crippen molar-refractivity contribution in [3.63, 3.8) is 0 Å².